The second kappa shape index (κ2) is 7.03. The largest absolute Gasteiger partial charge is 0.484 e. The summed E-state index contributed by atoms with van der Waals surface area (Å²) in [6.07, 6.45) is 0. The highest BCUT2D eigenvalue weighted by Crippen LogP contribution is 2.17. The normalized spacial score (nSPS) is 11.0. The molecule has 0 spiro atoms. The third kappa shape index (κ3) is 7.26. The van der Waals surface area contributed by atoms with E-state index in [0.717, 1.165) is 6.07 Å². The van der Waals surface area contributed by atoms with Crippen LogP contribution in [-0.2, 0) is 11.3 Å². The molecule has 0 bridgehead atoms. The number of nitrogens with two attached hydrogens (primary N) is 1. The third-order valence-electron chi connectivity index (χ3n) is 2.39. The molecule has 21 heavy (non-hydrogen) atoms. The van der Waals surface area contributed by atoms with Crippen molar-refractivity contribution < 1.29 is 18.7 Å². The summed E-state index contributed by atoms with van der Waals surface area (Å²) in [5, 5.41) is 5.08. The first kappa shape index (κ1) is 16.9. The Kier molecular flexibility index (Phi) is 5.66. The summed E-state index contributed by atoms with van der Waals surface area (Å²) in [6, 6.07) is 3.21. The van der Waals surface area contributed by atoms with E-state index in [4.69, 9.17) is 10.5 Å². The zero-order valence-corrected chi connectivity index (χ0v) is 12.3. The van der Waals surface area contributed by atoms with Gasteiger partial charge in [0.1, 0.15) is 11.6 Å². The van der Waals surface area contributed by atoms with Crippen LogP contribution in [0.3, 0.4) is 0 Å². The minimum absolute atomic E-state index is 0.102. The first-order valence-corrected chi connectivity index (χ1v) is 6.42. The summed E-state index contributed by atoms with van der Waals surface area (Å²) >= 11 is 0. The summed E-state index contributed by atoms with van der Waals surface area (Å²) in [4.78, 5) is 21.7. The van der Waals surface area contributed by atoms with Gasteiger partial charge in [-0.1, -0.05) is 0 Å². The molecular formula is C14H20FN3O3. The van der Waals surface area contributed by atoms with Gasteiger partial charge in [0, 0.05) is 18.2 Å². The van der Waals surface area contributed by atoms with Crippen LogP contribution in [0.25, 0.3) is 0 Å². The van der Waals surface area contributed by atoms with Crippen molar-refractivity contribution in [3.8, 4) is 5.75 Å². The predicted octanol–water partition coefficient (Wildman–Crippen LogP) is 1.29. The third-order valence-corrected chi connectivity index (χ3v) is 2.39. The van der Waals surface area contributed by atoms with Crippen molar-refractivity contribution in [2.24, 2.45) is 5.73 Å². The van der Waals surface area contributed by atoms with Crippen LogP contribution in [0.5, 0.6) is 5.75 Å². The number of benzene rings is 1. The Balaban J connectivity index is 2.64. The molecule has 7 heteroatoms. The molecule has 0 saturated carbocycles. The number of imide groups is 1. The van der Waals surface area contributed by atoms with Gasteiger partial charge in [-0.15, -0.1) is 0 Å². The predicted molar refractivity (Wildman–Crippen MR) is 76.2 cm³/mol. The maximum absolute atomic E-state index is 13.5. The SMILES string of the molecule is CC(C)(C)NCc1cc(F)cc(OCC(=O)NC(N)=O)c1. The van der Waals surface area contributed by atoms with Crippen LogP contribution in [0, 0.1) is 5.82 Å². The van der Waals surface area contributed by atoms with Gasteiger partial charge in [0.2, 0.25) is 0 Å². The Hall–Kier alpha value is -2.15. The molecule has 0 atom stereocenters. The maximum atomic E-state index is 13.5. The number of rotatable bonds is 5. The van der Waals surface area contributed by atoms with E-state index in [9.17, 15) is 14.0 Å². The van der Waals surface area contributed by atoms with Crippen LogP contribution in [0.15, 0.2) is 18.2 Å². The first-order chi connectivity index (χ1) is 9.65. The molecule has 4 N–H and O–H groups in total. The lowest BCUT2D eigenvalue weighted by molar-refractivity contribution is -0.121. The average Bonchev–Trinajstić information content (AvgIpc) is 2.32. The highest BCUT2D eigenvalue weighted by molar-refractivity contribution is 5.94. The number of nitrogens with one attached hydrogen (secondary N) is 2. The molecule has 116 valence electrons. The van der Waals surface area contributed by atoms with E-state index < -0.39 is 24.4 Å². The Bertz CT molecular complexity index is 527. The topological polar surface area (TPSA) is 93.4 Å². The van der Waals surface area contributed by atoms with E-state index >= 15 is 0 Å². The molecule has 0 aliphatic rings. The van der Waals surface area contributed by atoms with Crippen LogP contribution in [-0.4, -0.2) is 24.1 Å². The Morgan fingerprint density at radius 3 is 2.52 bits per heavy atom. The Morgan fingerprint density at radius 2 is 1.95 bits per heavy atom. The van der Waals surface area contributed by atoms with Crippen molar-refractivity contribution in [1.82, 2.24) is 10.6 Å². The maximum Gasteiger partial charge on any atom is 0.318 e. The summed E-state index contributed by atoms with van der Waals surface area (Å²) in [6.45, 7) is 6.04. The molecule has 0 aromatic heterocycles. The highest BCUT2D eigenvalue weighted by atomic mass is 19.1. The van der Waals surface area contributed by atoms with Gasteiger partial charge in [0.25, 0.3) is 5.91 Å². The van der Waals surface area contributed by atoms with Crippen LogP contribution in [0.2, 0.25) is 0 Å². The molecule has 0 heterocycles. The lowest BCUT2D eigenvalue weighted by atomic mass is 10.1. The van der Waals surface area contributed by atoms with Crippen LogP contribution in [0.1, 0.15) is 26.3 Å². The van der Waals surface area contributed by atoms with Crippen LogP contribution in [0.4, 0.5) is 9.18 Å². The number of hydrogen-bond acceptors (Lipinski definition) is 4. The summed E-state index contributed by atoms with van der Waals surface area (Å²) in [5.74, 6) is -0.949. The second-order valence-electron chi connectivity index (χ2n) is 5.60. The van der Waals surface area contributed by atoms with Crippen LogP contribution >= 0.6 is 0 Å². The number of hydrogen-bond donors (Lipinski definition) is 3. The van der Waals surface area contributed by atoms with Gasteiger partial charge in [0.05, 0.1) is 0 Å². The number of ether oxygens (including phenoxy) is 1. The minimum atomic E-state index is -0.960. The van der Waals surface area contributed by atoms with Crippen molar-refractivity contribution in [3.63, 3.8) is 0 Å². The van der Waals surface area contributed by atoms with Crippen molar-refractivity contribution in [2.45, 2.75) is 32.9 Å². The van der Waals surface area contributed by atoms with E-state index in [2.05, 4.69) is 5.32 Å². The molecule has 0 aliphatic heterocycles. The van der Waals surface area contributed by atoms with E-state index in [1.165, 1.54) is 6.07 Å². The lowest BCUT2D eigenvalue weighted by Gasteiger charge is -2.20. The molecular weight excluding hydrogens is 277 g/mol. The quantitative estimate of drug-likeness (QED) is 0.763. The lowest BCUT2D eigenvalue weighted by Crippen LogP contribution is -2.38. The summed E-state index contributed by atoms with van der Waals surface area (Å²) in [5.41, 5.74) is 5.38. The molecule has 0 saturated heterocycles. The molecule has 0 radical (unpaired) electrons. The average molecular weight is 297 g/mol. The molecule has 0 fully saturated rings. The van der Waals surface area contributed by atoms with Gasteiger partial charge in [-0.2, -0.15) is 0 Å². The van der Waals surface area contributed by atoms with Gasteiger partial charge in [0.15, 0.2) is 6.61 Å². The van der Waals surface area contributed by atoms with Gasteiger partial charge in [-0.25, -0.2) is 9.18 Å². The number of carbonyl (C=O) groups is 2. The van der Waals surface area contributed by atoms with Crippen molar-refractivity contribution >= 4 is 11.9 Å². The van der Waals surface area contributed by atoms with Crippen molar-refractivity contribution in [1.29, 1.82) is 0 Å². The molecule has 1 aromatic carbocycles. The van der Waals surface area contributed by atoms with Crippen molar-refractivity contribution in [3.05, 3.63) is 29.6 Å². The minimum Gasteiger partial charge on any atom is -0.484 e. The molecule has 1 rings (SSSR count). The second-order valence-corrected chi connectivity index (χ2v) is 5.60. The number of primary amides is 1. The fourth-order valence-electron chi connectivity index (χ4n) is 1.50. The number of halogens is 1. The smallest absolute Gasteiger partial charge is 0.318 e. The molecule has 6 nitrogen and oxygen atoms in total. The monoisotopic (exact) mass is 297 g/mol. The van der Waals surface area contributed by atoms with Gasteiger partial charge >= 0.3 is 6.03 Å². The fraction of sp³-hybridized carbons (Fsp3) is 0.429. The summed E-state index contributed by atoms with van der Waals surface area (Å²) < 4.78 is 18.6. The van der Waals surface area contributed by atoms with E-state index in [1.54, 1.807) is 6.07 Å². The van der Waals surface area contributed by atoms with Gasteiger partial charge < -0.3 is 15.8 Å². The van der Waals surface area contributed by atoms with E-state index in [-0.39, 0.29) is 11.3 Å². The number of amides is 3. The molecule has 0 aliphatic carbocycles. The number of carbonyl (C=O) groups excluding carboxylic acids is 2. The Morgan fingerprint density at radius 1 is 1.29 bits per heavy atom. The standard InChI is InChI=1S/C14H20FN3O3/c1-14(2,3)17-7-9-4-10(15)6-11(5-9)21-8-12(19)18-13(16)20/h4-6,17H,7-8H2,1-3H3,(H3,16,18,19,20). The van der Waals surface area contributed by atoms with E-state index in [0.29, 0.717) is 12.1 Å². The summed E-state index contributed by atoms with van der Waals surface area (Å²) in [7, 11) is 0. The van der Waals surface area contributed by atoms with E-state index in [1.807, 2.05) is 26.1 Å². The first-order valence-electron chi connectivity index (χ1n) is 6.42. The highest BCUT2D eigenvalue weighted by Gasteiger charge is 2.10. The van der Waals surface area contributed by atoms with Crippen LogP contribution < -0.4 is 21.1 Å². The molecule has 0 unspecified atom stereocenters. The number of urea groups is 1. The zero-order chi connectivity index (χ0) is 16.0. The fourth-order valence-corrected chi connectivity index (χ4v) is 1.50. The van der Waals surface area contributed by atoms with Gasteiger partial charge in [-0.3, -0.25) is 10.1 Å². The van der Waals surface area contributed by atoms with Gasteiger partial charge in [-0.05, 0) is 38.5 Å². The molecule has 3 amide bonds. The molecule has 1 aromatic rings. The zero-order valence-electron chi connectivity index (χ0n) is 12.3. The van der Waals surface area contributed by atoms with Crippen molar-refractivity contribution in [2.75, 3.05) is 6.61 Å². The Labute approximate surface area is 122 Å².